The fourth-order valence-corrected chi connectivity index (χ4v) is 2.13. The zero-order valence-corrected chi connectivity index (χ0v) is 11.1. The third-order valence-electron chi connectivity index (χ3n) is 2.96. The molecule has 1 aromatic rings. The Bertz CT molecular complexity index is 457. The largest absolute Gasteiger partial charge is 0.307 e. The number of carbonyl (C=O) groups excluding carboxylic acids is 1. The first-order valence-electron chi connectivity index (χ1n) is 5.92. The van der Waals surface area contributed by atoms with Crippen LogP contribution < -0.4 is 0 Å². The molecule has 1 nitrogen and oxygen atoms in total. The van der Waals surface area contributed by atoms with E-state index in [1.54, 1.807) is 26.0 Å². The van der Waals surface area contributed by atoms with Gasteiger partial charge in [0.2, 0.25) is 0 Å². The molecule has 0 N–H and O–H groups in total. The highest BCUT2D eigenvalue weighted by Gasteiger charge is 2.40. The zero-order chi connectivity index (χ0) is 14.8. The second kappa shape index (κ2) is 5.72. The number of halogens is 4. The molecule has 1 aromatic carbocycles. The predicted molar refractivity (Wildman–Crippen MR) is 65.2 cm³/mol. The lowest BCUT2D eigenvalue weighted by Crippen LogP contribution is -2.27. The van der Waals surface area contributed by atoms with Crippen LogP contribution in [0.2, 0.25) is 0 Å². The summed E-state index contributed by atoms with van der Waals surface area (Å²) in [6, 6.07) is 3.54. The second-order valence-corrected chi connectivity index (χ2v) is 4.76. The lowest BCUT2D eigenvalue weighted by atomic mass is 9.94. The zero-order valence-electron chi connectivity index (χ0n) is 11.1. The van der Waals surface area contributed by atoms with Crippen molar-refractivity contribution >= 4 is 5.78 Å². The molecule has 106 valence electrons. The van der Waals surface area contributed by atoms with Gasteiger partial charge < -0.3 is 0 Å². The Balaban J connectivity index is 2.86. The maximum Gasteiger partial charge on any atom is 0.307 e. The van der Waals surface area contributed by atoms with Gasteiger partial charge in [-0.25, -0.2) is 17.6 Å². The van der Waals surface area contributed by atoms with Crippen molar-refractivity contribution < 1.29 is 22.4 Å². The van der Waals surface area contributed by atoms with Gasteiger partial charge in [-0.05, 0) is 31.9 Å². The highest BCUT2D eigenvalue weighted by molar-refractivity contribution is 5.98. The second-order valence-electron chi connectivity index (χ2n) is 4.76. The van der Waals surface area contributed by atoms with Crippen LogP contribution >= 0.6 is 0 Å². The molecule has 0 saturated heterocycles. The van der Waals surface area contributed by atoms with Crippen molar-refractivity contribution in [1.82, 2.24) is 0 Å². The van der Waals surface area contributed by atoms with Gasteiger partial charge in [0.1, 0.15) is 0 Å². The van der Waals surface area contributed by atoms with Gasteiger partial charge in [0.05, 0.1) is 0 Å². The number of benzene rings is 1. The molecule has 0 atom stereocenters. The average Bonchev–Trinajstić information content (AvgIpc) is 2.24. The van der Waals surface area contributed by atoms with Gasteiger partial charge in [-0.1, -0.05) is 17.7 Å². The first-order chi connectivity index (χ1) is 8.65. The fourth-order valence-electron chi connectivity index (χ4n) is 2.13. The first kappa shape index (κ1) is 15.7. The molecule has 0 amide bonds. The van der Waals surface area contributed by atoms with Crippen LogP contribution in [0.5, 0.6) is 0 Å². The Kier molecular flexibility index (Phi) is 4.71. The van der Waals surface area contributed by atoms with Crippen molar-refractivity contribution in [3.8, 4) is 0 Å². The molecule has 1 rings (SSSR count). The average molecular weight is 276 g/mol. The van der Waals surface area contributed by atoms with E-state index in [9.17, 15) is 22.4 Å². The molecule has 0 radical (unpaired) electrons. The smallest absolute Gasteiger partial charge is 0.294 e. The minimum absolute atomic E-state index is 0.357. The van der Waals surface area contributed by atoms with Crippen LogP contribution in [0.1, 0.15) is 39.9 Å². The van der Waals surface area contributed by atoms with Crippen molar-refractivity contribution in [2.24, 2.45) is 0 Å². The number of rotatable bonds is 5. The monoisotopic (exact) mass is 276 g/mol. The van der Waals surface area contributed by atoms with Crippen LogP contribution in [-0.2, 0) is 0 Å². The molecule has 0 fully saturated rings. The van der Waals surface area contributed by atoms with Gasteiger partial charge in [-0.2, -0.15) is 0 Å². The molecule has 19 heavy (non-hydrogen) atoms. The van der Waals surface area contributed by atoms with Gasteiger partial charge in [-0.15, -0.1) is 0 Å². The fraction of sp³-hybridized carbons (Fsp3) is 0.500. The van der Waals surface area contributed by atoms with Crippen LogP contribution in [0.3, 0.4) is 0 Å². The summed E-state index contributed by atoms with van der Waals surface area (Å²) in [5, 5.41) is 0. The summed E-state index contributed by atoms with van der Waals surface area (Å²) >= 11 is 0. The number of ketones is 1. The predicted octanol–water partition coefficient (Wildman–Crippen LogP) is 4.48. The Hall–Kier alpha value is -1.39. The first-order valence-corrected chi connectivity index (χ1v) is 5.92. The molecule has 5 heteroatoms. The summed E-state index contributed by atoms with van der Waals surface area (Å²) in [6.45, 7) is 5.27. The van der Waals surface area contributed by atoms with Crippen LogP contribution in [0, 0.1) is 20.8 Å². The molecule has 0 bridgehead atoms. The maximum absolute atomic E-state index is 12.8. The number of hydrogen-bond acceptors (Lipinski definition) is 1. The summed E-state index contributed by atoms with van der Waals surface area (Å²) in [5.41, 5.74) is 2.69. The number of alkyl halides is 4. The molecule has 0 saturated carbocycles. The van der Waals surface area contributed by atoms with Gasteiger partial charge in [0, 0.05) is 18.4 Å². The topological polar surface area (TPSA) is 17.1 Å². The van der Waals surface area contributed by atoms with E-state index in [-0.39, 0.29) is 0 Å². The summed E-state index contributed by atoms with van der Waals surface area (Å²) in [4.78, 5) is 11.9. The number of carbonyl (C=O) groups is 1. The van der Waals surface area contributed by atoms with E-state index < -0.39 is 31.0 Å². The lowest BCUT2D eigenvalue weighted by molar-refractivity contribution is -0.132. The van der Waals surface area contributed by atoms with Gasteiger partial charge in [0.25, 0.3) is 0 Å². The van der Waals surface area contributed by atoms with Crippen LogP contribution in [0.25, 0.3) is 0 Å². The molecule has 0 aliphatic heterocycles. The van der Waals surface area contributed by atoms with Crippen LogP contribution in [0.15, 0.2) is 12.1 Å². The van der Waals surface area contributed by atoms with Crippen molar-refractivity contribution in [3.05, 3.63) is 34.4 Å². The van der Waals surface area contributed by atoms with Crippen molar-refractivity contribution in [2.45, 2.75) is 46.0 Å². The molecule has 0 aliphatic rings. The van der Waals surface area contributed by atoms with Gasteiger partial charge >= 0.3 is 12.3 Å². The Morgan fingerprint density at radius 1 is 1.16 bits per heavy atom. The SMILES string of the molecule is Cc1cc(C)c(C(=O)CCC(F)(F)C(F)F)c(C)c1. The minimum Gasteiger partial charge on any atom is -0.294 e. The summed E-state index contributed by atoms with van der Waals surface area (Å²) in [5.74, 6) is -4.63. The standard InChI is InChI=1S/C14H16F4O/c1-8-6-9(2)12(10(3)7-8)11(19)4-5-14(17,18)13(15)16/h6-7,13H,4-5H2,1-3H3. The normalized spacial score (nSPS) is 12.0. The van der Waals surface area contributed by atoms with Crippen LogP contribution in [0.4, 0.5) is 17.6 Å². The van der Waals surface area contributed by atoms with E-state index >= 15 is 0 Å². The van der Waals surface area contributed by atoms with E-state index in [1.807, 2.05) is 6.92 Å². The Morgan fingerprint density at radius 2 is 1.63 bits per heavy atom. The lowest BCUT2D eigenvalue weighted by Gasteiger charge is -2.15. The van der Waals surface area contributed by atoms with Gasteiger partial charge in [-0.3, -0.25) is 4.79 Å². The molecule has 0 spiro atoms. The summed E-state index contributed by atoms with van der Waals surface area (Å²) in [6.07, 6.45) is -5.45. The molecular weight excluding hydrogens is 260 g/mol. The molecular formula is C14H16F4O. The Labute approximate surface area is 109 Å². The molecule has 0 unspecified atom stereocenters. The highest BCUT2D eigenvalue weighted by Crippen LogP contribution is 2.29. The molecule has 0 aromatic heterocycles. The third kappa shape index (κ3) is 3.78. The number of aryl methyl sites for hydroxylation is 3. The van der Waals surface area contributed by atoms with E-state index in [0.29, 0.717) is 16.7 Å². The van der Waals surface area contributed by atoms with E-state index in [1.165, 1.54) is 0 Å². The number of Topliss-reactive ketones (excluding diaryl/α,β-unsaturated/α-hetero) is 1. The number of hydrogen-bond donors (Lipinski definition) is 0. The van der Waals surface area contributed by atoms with Gasteiger partial charge in [0.15, 0.2) is 5.78 Å². The van der Waals surface area contributed by atoms with E-state index in [4.69, 9.17) is 0 Å². The summed E-state index contributed by atoms with van der Waals surface area (Å²) < 4.78 is 49.6. The molecule has 0 heterocycles. The van der Waals surface area contributed by atoms with Crippen LogP contribution in [-0.4, -0.2) is 18.1 Å². The maximum atomic E-state index is 12.8. The van der Waals surface area contributed by atoms with E-state index in [0.717, 1.165) is 5.56 Å². The quantitative estimate of drug-likeness (QED) is 0.572. The minimum atomic E-state index is -4.11. The van der Waals surface area contributed by atoms with E-state index in [2.05, 4.69) is 0 Å². The highest BCUT2D eigenvalue weighted by atomic mass is 19.3. The summed E-state index contributed by atoms with van der Waals surface area (Å²) in [7, 11) is 0. The van der Waals surface area contributed by atoms with Crippen molar-refractivity contribution in [1.29, 1.82) is 0 Å². The molecule has 0 aliphatic carbocycles. The Morgan fingerprint density at radius 3 is 2.05 bits per heavy atom. The van der Waals surface area contributed by atoms with Crippen molar-refractivity contribution in [2.75, 3.05) is 0 Å². The third-order valence-corrected chi connectivity index (χ3v) is 2.96. The van der Waals surface area contributed by atoms with Crippen molar-refractivity contribution in [3.63, 3.8) is 0 Å².